The van der Waals surface area contributed by atoms with Crippen molar-refractivity contribution in [3.8, 4) is 11.3 Å². The molecule has 3 rings (SSSR count). The second kappa shape index (κ2) is 7.44. The molecular weight excluding hydrogens is 334 g/mol. The number of esters is 1. The number of hydrogen-bond donors (Lipinski definition) is 1. The zero-order chi connectivity index (χ0) is 17.8. The maximum atomic E-state index is 12.1. The molecule has 1 N–H and O–H groups in total. The van der Waals surface area contributed by atoms with Crippen molar-refractivity contribution in [3.05, 3.63) is 59.1 Å². The Morgan fingerprint density at radius 1 is 1.24 bits per heavy atom. The normalized spacial score (nSPS) is 10.7. The minimum Gasteiger partial charge on any atom is -0.459 e. The summed E-state index contributed by atoms with van der Waals surface area (Å²) in [5, 5.41) is 5.93. The van der Waals surface area contributed by atoms with Crippen LogP contribution in [-0.2, 0) is 4.74 Å². The number of nitrogens with zero attached hydrogens (tertiary/aromatic N) is 2. The molecule has 25 heavy (non-hydrogen) atoms. The van der Waals surface area contributed by atoms with Gasteiger partial charge in [0.2, 0.25) is 0 Å². The minimum absolute atomic E-state index is 0.134. The number of anilines is 2. The molecule has 0 bridgehead atoms. The molecule has 0 unspecified atom stereocenters. The van der Waals surface area contributed by atoms with E-state index in [9.17, 15) is 4.79 Å². The van der Waals surface area contributed by atoms with Crippen molar-refractivity contribution in [3.63, 3.8) is 0 Å². The van der Waals surface area contributed by atoms with Gasteiger partial charge in [0.15, 0.2) is 5.13 Å². The minimum atomic E-state index is -0.296. The summed E-state index contributed by atoms with van der Waals surface area (Å²) in [5.41, 5.74) is 3.27. The number of benzene rings is 1. The van der Waals surface area contributed by atoms with Crippen molar-refractivity contribution in [2.24, 2.45) is 0 Å². The van der Waals surface area contributed by atoms with E-state index in [4.69, 9.17) is 4.74 Å². The number of rotatable bonds is 5. The number of thiazole rings is 1. The molecule has 0 radical (unpaired) electrons. The predicted octanol–water partition coefficient (Wildman–Crippen LogP) is 4.82. The Kier molecular flexibility index (Phi) is 5.09. The first-order valence-corrected chi connectivity index (χ1v) is 8.86. The van der Waals surface area contributed by atoms with Crippen LogP contribution in [0.2, 0.25) is 0 Å². The molecule has 0 saturated carbocycles. The molecule has 6 heteroatoms. The fourth-order valence-electron chi connectivity index (χ4n) is 2.34. The molecule has 0 fully saturated rings. The first-order chi connectivity index (χ1) is 12.0. The number of carbonyl (C=O) groups is 1. The summed E-state index contributed by atoms with van der Waals surface area (Å²) in [7, 11) is 0. The lowest BCUT2D eigenvalue weighted by Crippen LogP contribution is -2.12. The topological polar surface area (TPSA) is 64.1 Å². The van der Waals surface area contributed by atoms with Gasteiger partial charge in [0.05, 0.1) is 17.4 Å². The van der Waals surface area contributed by atoms with Crippen molar-refractivity contribution in [1.29, 1.82) is 0 Å². The zero-order valence-electron chi connectivity index (χ0n) is 14.3. The zero-order valence-corrected chi connectivity index (χ0v) is 15.1. The third-order valence-electron chi connectivity index (χ3n) is 3.49. The Labute approximate surface area is 150 Å². The largest absolute Gasteiger partial charge is 0.459 e. The number of hydrogen-bond acceptors (Lipinski definition) is 6. The SMILES string of the molecule is Cc1cc(-c2csc(Nc3ccccn3)n2)ccc1C(=O)OC(C)C. The molecule has 0 aliphatic carbocycles. The number of nitrogens with one attached hydrogen (secondary N) is 1. The quantitative estimate of drug-likeness (QED) is 0.666. The Bertz CT molecular complexity index is 875. The summed E-state index contributed by atoms with van der Waals surface area (Å²) in [5.74, 6) is 0.459. The summed E-state index contributed by atoms with van der Waals surface area (Å²) < 4.78 is 5.26. The van der Waals surface area contributed by atoms with E-state index in [0.717, 1.165) is 27.8 Å². The monoisotopic (exact) mass is 353 g/mol. The number of pyridine rings is 1. The molecule has 0 amide bonds. The van der Waals surface area contributed by atoms with E-state index in [1.54, 1.807) is 12.3 Å². The molecule has 2 heterocycles. The highest BCUT2D eigenvalue weighted by molar-refractivity contribution is 7.14. The summed E-state index contributed by atoms with van der Waals surface area (Å²) in [6, 6.07) is 11.3. The van der Waals surface area contributed by atoms with Gasteiger partial charge in [-0.1, -0.05) is 12.1 Å². The highest BCUT2D eigenvalue weighted by Gasteiger charge is 2.14. The number of aryl methyl sites for hydroxylation is 1. The molecule has 5 nitrogen and oxygen atoms in total. The van der Waals surface area contributed by atoms with Crippen LogP contribution >= 0.6 is 11.3 Å². The van der Waals surface area contributed by atoms with Crippen LogP contribution in [-0.4, -0.2) is 22.0 Å². The maximum Gasteiger partial charge on any atom is 0.338 e. The van der Waals surface area contributed by atoms with E-state index in [0.29, 0.717) is 5.56 Å². The molecule has 1 aromatic carbocycles. The van der Waals surface area contributed by atoms with E-state index >= 15 is 0 Å². The van der Waals surface area contributed by atoms with Crippen molar-refractivity contribution in [2.45, 2.75) is 26.9 Å². The summed E-state index contributed by atoms with van der Waals surface area (Å²) in [4.78, 5) is 20.9. The van der Waals surface area contributed by atoms with Gasteiger partial charge in [0.1, 0.15) is 5.82 Å². The van der Waals surface area contributed by atoms with E-state index in [-0.39, 0.29) is 12.1 Å². The van der Waals surface area contributed by atoms with Crippen molar-refractivity contribution >= 4 is 28.3 Å². The molecule has 0 aliphatic heterocycles. The summed E-state index contributed by atoms with van der Waals surface area (Å²) >= 11 is 1.51. The van der Waals surface area contributed by atoms with Crippen LogP contribution in [0, 0.1) is 6.92 Å². The first kappa shape index (κ1) is 17.1. The van der Waals surface area contributed by atoms with Crippen LogP contribution in [0.5, 0.6) is 0 Å². The van der Waals surface area contributed by atoms with Crippen molar-refractivity contribution < 1.29 is 9.53 Å². The molecule has 3 aromatic rings. The lowest BCUT2D eigenvalue weighted by Gasteiger charge is -2.10. The van der Waals surface area contributed by atoms with Crippen molar-refractivity contribution in [2.75, 3.05) is 5.32 Å². The Morgan fingerprint density at radius 2 is 2.08 bits per heavy atom. The van der Waals surface area contributed by atoms with Crippen LogP contribution < -0.4 is 5.32 Å². The van der Waals surface area contributed by atoms with E-state index in [1.807, 2.05) is 56.5 Å². The number of ether oxygens (including phenoxy) is 1. The van der Waals surface area contributed by atoms with Gasteiger partial charge >= 0.3 is 5.97 Å². The van der Waals surface area contributed by atoms with Crippen molar-refractivity contribution in [1.82, 2.24) is 9.97 Å². The average molecular weight is 353 g/mol. The second-order valence-electron chi connectivity index (χ2n) is 5.86. The van der Waals surface area contributed by atoms with Gasteiger partial charge in [0, 0.05) is 17.1 Å². The van der Waals surface area contributed by atoms with Gasteiger partial charge in [-0.3, -0.25) is 0 Å². The summed E-state index contributed by atoms with van der Waals surface area (Å²) in [6.07, 6.45) is 1.60. The van der Waals surface area contributed by atoms with Crippen LogP contribution in [0.4, 0.5) is 10.9 Å². The molecule has 0 saturated heterocycles. The van der Waals surface area contributed by atoms with E-state index < -0.39 is 0 Å². The highest BCUT2D eigenvalue weighted by atomic mass is 32.1. The molecule has 0 spiro atoms. The van der Waals surface area contributed by atoms with E-state index in [2.05, 4.69) is 15.3 Å². The van der Waals surface area contributed by atoms with Gasteiger partial charge in [-0.05, 0) is 50.6 Å². The maximum absolute atomic E-state index is 12.1. The molecule has 2 aromatic heterocycles. The first-order valence-electron chi connectivity index (χ1n) is 7.98. The Hall–Kier alpha value is -2.73. The Morgan fingerprint density at radius 3 is 2.76 bits per heavy atom. The smallest absolute Gasteiger partial charge is 0.338 e. The van der Waals surface area contributed by atoms with Gasteiger partial charge in [-0.25, -0.2) is 14.8 Å². The van der Waals surface area contributed by atoms with Gasteiger partial charge < -0.3 is 10.1 Å². The van der Waals surface area contributed by atoms with Crippen LogP contribution in [0.1, 0.15) is 29.8 Å². The van der Waals surface area contributed by atoms with Gasteiger partial charge in [0.25, 0.3) is 0 Å². The van der Waals surface area contributed by atoms with Gasteiger partial charge in [-0.2, -0.15) is 0 Å². The Balaban J connectivity index is 1.78. The molecule has 0 atom stereocenters. The van der Waals surface area contributed by atoms with Gasteiger partial charge in [-0.15, -0.1) is 11.3 Å². The standard InChI is InChI=1S/C19H19N3O2S/c1-12(2)24-18(23)15-8-7-14(10-13(15)3)16-11-25-19(21-16)22-17-6-4-5-9-20-17/h4-12H,1-3H3,(H,20,21,22). The fourth-order valence-corrected chi connectivity index (χ4v) is 3.07. The third-order valence-corrected chi connectivity index (χ3v) is 4.25. The number of aromatic nitrogens is 2. The van der Waals surface area contributed by atoms with E-state index in [1.165, 1.54) is 11.3 Å². The number of carbonyl (C=O) groups excluding carboxylic acids is 1. The highest BCUT2D eigenvalue weighted by Crippen LogP contribution is 2.28. The molecular formula is C19H19N3O2S. The lowest BCUT2D eigenvalue weighted by atomic mass is 10.0. The van der Waals surface area contributed by atoms with Crippen LogP contribution in [0.25, 0.3) is 11.3 Å². The summed E-state index contributed by atoms with van der Waals surface area (Å²) in [6.45, 7) is 5.58. The third kappa shape index (κ3) is 4.22. The fraction of sp³-hybridized carbons (Fsp3) is 0.211. The molecule has 128 valence electrons. The van der Waals surface area contributed by atoms with Crippen LogP contribution in [0.15, 0.2) is 48.0 Å². The molecule has 0 aliphatic rings. The predicted molar refractivity (Wildman–Crippen MR) is 100 cm³/mol. The average Bonchev–Trinajstić information content (AvgIpc) is 3.03. The second-order valence-corrected chi connectivity index (χ2v) is 6.72. The lowest BCUT2D eigenvalue weighted by molar-refractivity contribution is 0.0377. The van der Waals surface area contributed by atoms with Crippen LogP contribution in [0.3, 0.4) is 0 Å².